The minimum atomic E-state index is 0. The lowest BCUT2D eigenvalue weighted by molar-refractivity contribution is 0.0205. The van der Waals surface area contributed by atoms with Gasteiger partial charge in [0.05, 0.1) is 12.6 Å². The molecule has 0 saturated heterocycles. The lowest BCUT2D eigenvalue weighted by Crippen LogP contribution is -2.45. The summed E-state index contributed by atoms with van der Waals surface area (Å²) in [6.07, 6.45) is 0.146. The summed E-state index contributed by atoms with van der Waals surface area (Å²) in [5, 5.41) is 10.8. The molecule has 1 unspecified atom stereocenters. The first-order chi connectivity index (χ1) is 9.47. The Bertz CT molecular complexity index is 402. The molecule has 0 aliphatic rings. The highest BCUT2D eigenvalue weighted by Crippen LogP contribution is 2.20. The van der Waals surface area contributed by atoms with Crippen molar-refractivity contribution in [1.82, 2.24) is 10.6 Å². The first-order valence-corrected chi connectivity index (χ1v) is 7.97. The van der Waals surface area contributed by atoms with Crippen molar-refractivity contribution in [3.63, 3.8) is 0 Å². The van der Waals surface area contributed by atoms with E-state index in [1.54, 1.807) is 18.4 Å². The average Bonchev–Trinajstić information content (AvgIpc) is 2.88. The molecule has 1 heterocycles. The van der Waals surface area contributed by atoms with Gasteiger partial charge in [-0.3, -0.25) is 0 Å². The van der Waals surface area contributed by atoms with Crippen molar-refractivity contribution >= 4 is 41.3 Å². The van der Waals surface area contributed by atoms with Crippen molar-refractivity contribution in [2.24, 2.45) is 10.4 Å². The third-order valence-electron chi connectivity index (χ3n) is 3.05. The zero-order chi connectivity index (χ0) is 15.0. The lowest BCUT2D eigenvalue weighted by Gasteiger charge is -2.30. The summed E-state index contributed by atoms with van der Waals surface area (Å²) in [5.74, 6) is 0.838. The molecule has 0 saturated carbocycles. The molecule has 1 aromatic heterocycles. The molecule has 0 bridgehead atoms. The Morgan fingerprint density at radius 1 is 1.38 bits per heavy atom. The van der Waals surface area contributed by atoms with Gasteiger partial charge in [-0.15, -0.1) is 24.0 Å². The van der Waals surface area contributed by atoms with Crippen LogP contribution in [0.25, 0.3) is 0 Å². The van der Waals surface area contributed by atoms with Gasteiger partial charge in [-0.25, -0.2) is 4.99 Å². The van der Waals surface area contributed by atoms with E-state index in [4.69, 9.17) is 4.74 Å². The average molecular weight is 425 g/mol. The summed E-state index contributed by atoms with van der Waals surface area (Å²) in [4.78, 5) is 4.59. The first-order valence-electron chi connectivity index (χ1n) is 7.03. The predicted molar refractivity (Wildman–Crippen MR) is 103 cm³/mol. The van der Waals surface area contributed by atoms with Crippen LogP contribution < -0.4 is 10.6 Å². The van der Waals surface area contributed by atoms with Crippen molar-refractivity contribution < 1.29 is 4.74 Å². The molecule has 0 aliphatic heterocycles. The zero-order valence-corrected chi connectivity index (χ0v) is 16.7. The molecule has 0 fully saturated rings. The molecular formula is C15H28IN3OS. The molecular weight excluding hydrogens is 397 g/mol. The minimum absolute atomic E-state index is 0. The van der Waals surface area contributed by atoms with E-state index in [1.165, 1.54) is 5.56 Å². The van der Waals surface area contributed by atoms with Crippen LogP contribution >= 0.6 is 35.3 Å². The normalized spacial score (nSPS) is 13.5. The van der Waals surface area contributed by atoms with Gasteiger partial charge in [0.15, 0.2) is 5.96 Å². The zero-order valence-electron chi connectivity index (χ0n) is 13.6. The van der Waals surface area contributed by atoms with E-state index in [0.29, 0.717) is 6.54 Å². The Morgan fingerprint density at radius 2 is 2.10 bits per heavy atom. The van der Waals surface area contributed by atoms with Crippen LogP contribution in [0.2, 0.25) is 0 Å². The van der Waals surface area contributed by atoms with E-state index in [0.717, 1.165) is 19.0 Å². The van der Waals surface area contributed by atoms with E-state index in [-0.39, 0.29) is 35.5 Å². The second kappa shape index (κ2) is 10.4. The molecule has 122 valence electrons. The number of guanidine groups is 1. The lowest BCUT2D eigenvalue weighted by atomic mass is 9.89. The van der Waals surface area contributed by atoms with E-state index in [9.17, 15) is 0 Å². The molecule has 6 heteroatoms. The van der Waals surface area contributed by atoms with Gasteiger partial charge in [-0.1, -0.05) is 20.8 Å². The number of hydrogen-bond acceptors (Lipinski definition) is 3. The molecule has 0 aliphatic carbocycles. The molecule has 2 N–H and O–H groups in total. The third kappa shape index (κ3) is 8.01. The van der Waals surface area contributed by atoms with Gasteiger partial charge in [0.25, 0.3) is 0 Å². The smallest absolute Gasteiger partial charge is 0.191 e. The number of methoxy groups -OCH3 is 1. The van der Waals surface area contributed by atoms with Gasteiger partial charge in [0, 0.05) is 20.2 Å². The molecule has 0 spiro atoms. The van der Waals surface area contributed by atoms with Gasteiger partial charge < -0.3 is 15.4 Å². The van der Waals surface area contributed by atoms with Crippen LogP contribution in [-0.4, -0.2) is 32.3 Å². The number of rotatable bonds is 6. The molecule has 0 amide bonds. The molecule has 0 radical (unpaired) electrons. The van der Waals surface area contributed by atoms with Crippen molar-refractivity contribution in [3.8, 4) is 0 Å². The second-order valence-corrected chi connectivity index (χ2v) is 6.58. The number of nitrogens with zero attached hydrogens (tertiary/aromatic N) is 1. The quantitative estimate of drug-likeness (QED) is 0.417. The van der Waals surface area contributed by atoms with Crippen molar-refractivity contribution in [2.75, 3.05) is 20.2 Å². The predicted octanol–water partition coefficient (Wildman–Crippen LogP) is 3.48. The van der Waals surface area contributed by atoms with Gasteiger partial charge >= 0.3 is 0 Å². The van der Waals surface area contributed by atoms with Crippen LogP contribution in [0.5, 0.6) is 0 Å². The van der Waals surface area contributed by atoms with E-state index >= 15 is 0 Å². The number of nitrogens with one attached hydrogen (secondary N) is 2. The maximum atomic E-state index is 5.55. The summed E-state index contributed by atoms with van der Waals surface area (Å²) < 4.78 is 5.55. The maximum absolute atomic E-state index is 5.55. The van der Waals surface area contributed by atoms with E-state index < -0.39 is 0 Å². The van der Waals surface area contributed by atoms with Crippen LogP contribution in [0.4, 0.5) is 0 Å². The fraction of sp³-hybridized carbons (Fsp3) is 0.667. The van der Waals surface area contributed by atoms with E-state index in [2.05, 4.69) is 60.1 Å². The Balaban J connectivity index is 0.00000400. The fourth-order valence-electron chi connectivity index (χ4n) is 1.83. The van der Waals surface area contributed by atoms with E-state index in [1.807, 2.05) is 0 Å². The van der Waals surface area contributed by atoms with Gasteiger partial charge in [-0.2, -0.15) is 11.3 Å². The molecule has 1 atom stereocenters. The van der Waals surface area contributed by atoms with Crippen LogP contribution in [0.15, 0.2) is 21.8 Å². The maximum Gasteiger partial charge on any atom is 0.191 e. The van der Waals surface area contributed by atoms with Crippen molar-refractivity contribution in [2.45, 2.75) is 40.3 Å². The third-order valence-corrected chi connectivity index (χ3v) is 3.78. The highest BCUT2D eigenvalue weighted by molar-refractivity contribution is 14.0. The molecule has 1 rings (SSSR count). The highest BCUT2D eigenvalue weighted by Gasteiger charge is 2.24. The Kier molecular flexibility index (Phi) is 10.2. The summed E-state index contributed by atoms with van der Waals surface area (Å²) in [5.41, 5.74) is 1.35. The summed E-state index contributed by atoms with van der Waals surface area (Å²) in [6, 6.07) is 2.10. The fourth-order valence-corrected chi connectivity index (χ4v) is 2.49. The van der Waals surface area contributed by atoms with Gasteiger partial charge in [0.1, 0.15) is 0 Å². The topological polar surface area (TPSA) is 45.7 Å². The minimum Gasteiger partial charge on any atom is -0.379 e. The Hall–Kier alpha value is -0.340. The molecule has 0 aromatic carbocycles. The highest BCUT2D eigenvalue weighted by atomic mass is 127. The second-order valence-electron chi connectivity index (χ2n) is 5.80. The summed E-state index contributed by atoms with van der Waals surface area (Å²) in [7, 11) is 1.76. The molecule has 4 nitrogen and oxygen atoms in total. The Labute approximate surface area is 149 Å². The number of aliphatic imine (C=N–C) groups is 1. The summed E-state index contributed by atoms with van der Waals surface area (Å²) in [6.45, 7) is 10.9. The van der Waals surface area contributed by atoms with Crippen molar-refractivity contribution in [1.29, 1.82) is 0 Å². The standard InChI is InChI=1S/C15H27N3OS.HI/c1-6-16-14(17-9-12-7-8-20-11-12)18-10-13(19-5)15(2,3)4;/h7-8,11,13H,6,9-10H2,1-5H3,(H2,16,17,18);1H. The molecule has 1 aromatic rings. The Morgan fingerprint density at radius 3 is 2.57 bits per heavy atom. The number of ether oxygens (including phenoxy) is 1. The van der Waals surface area contributed by atoms with Gasteiger partial charge in [0.2, 0.25) is 0 Å². The summed E-state index contributed by atoms with van der Waals surface area (Å²) >= 11 is 1.70. The number of halogens is 1. The number of hydrogen-bond donors (Lipinski definition) is 2. The van der Waals surface area contributed by atoms with Crippen molar-refractivity contribution in [3.05, 3.63) is 22.4 Å². The first kappa shape index (κ1) is 20.7. The molecule has 21 heavy (non-hydrogen) atoms. The SMILES string of the molecule is CCNC(=NCc1ccsc1)NCC(OC)C(C)(C)C.I. The van der Waals surface area contributed by atoms with Crippen LogP contribution in [0.1, 0.15) is 33.3 Å². The van der Waals surface area contributed by atoms with Crippen LogP contribution in [0, 0.1) is 5.41 Å². The van der Waals surface area contributed by atoms with Crippen LogP contribution in [-0.2, 0) is 11.3 Å². The van der Waals surface area contributed by atoms with Gasteiger partial charge in [-0.05, 0) is 34.7 Å². The van der Waals surface area contributed by atoms with Crippen LogP contribution in [0.3, 0.4) is 0 Å². The monoisotopic (exact) mass is 425 g/mol. The number of thiophene rings is 1. The largest absolute Gasteiger partial charge is 0.379 e.